The van der Waals surface area contributed by atoms with E-state index in [4.69, 9.17) is 17.3 Å². The van der Waals surface area contributed by atoms with Crippen molar-refractivity contribution in [1.29, 1.82) is 0 Å². The first-order valence-corrected chi connectivity index (χ1v) is 4.51. The van der Waals surface area contributed by atoms with E-state index in [2.05, 4.69) is 16.9 Å². The van der Waals surface area contributed by atoms with Crippen LogP contribution in [0.1, 0.15) is 13.3 Å². The molecule has 0 aliphatic rings. The van der Waals surface area contributed by atoms with Gasteiger partial charge in [0, 0.05) is 13.6 Å². The van der Waals surface area contributed by atoms with E-state index in [-0.39, 0.29) is 0 Å². The number of nitrogens with two attached hydrogens (primary N) is 1. The summed E-state index contributed by atoms with van der Waals surface area (Å²) in [5.41, 5.74) is 6.16. The summed E-state index contributed by atoms with van der Waals surface area (Å²) in [7, 11) is 1.93. The van der Waals surface area contributed by atoms with Gasteiger partial charge in [0.1, 0.15) is 12.0 Å². The molecule has 0 aromatic carbocycles. The fourth-order valence-corrected chi connectivity index (χ4v) is 1.24. The Morgan fingerprint density at radius 1 is 1.54 bits per heavy atom. The molecule has 0 bridgehead atoms. The number of anilines is 2. The SMILES string of the molecule is CCCN(C)c1ncnc(Cl)c1N. The summed E-state index contributed by atoms with van der Waals surface area (Å²) in [6.07, 6.45) is 2.46. The summed E-state index contributed by atoms with van der Waals surface area (Å²) in [4.78, 5) is 9.81. The van der Waals surface area contributed by atoms with Gasteiger partial charge in [-0.3, -0.25) is 0 Å². The van der Waals surface area contributed by atoms with E-state index in [1.54, 1.807) is 0 Å². The van der Waals surface area contributed by atoms with E-state index in [1.165, 1.54) is 6.33 Å². The van der Waals surface area contributed by atoms with Crippen molar-refractivity contribution in [3.63, 3.8) is 0 Å². The number of nitrogen functional groups attached to an aromatic ring is 1. The molecule has 2 N–H and O–H groups in total. The van der Waals surface area contributed by atoms with Gasteiger partial charge in [0.25, 0.3) is 0 Å². The minimum absolute atomic E-state index is 0.313. The van der Waals surface area contributed by atoms with Crippen molar-refractivity contribution in [1.82, 2.24) is 9.97 Å². The molecule has 0 amide bonds. The first-order valence-electron chi connectivity index (χ1n) is 4.14. The molecule has 13 heavy (non-hydrogen) atoms. The molecule has 0 aliphatic heterocycles. The summed E-state index contributed by atoms with van der Waals surface area (Å²) in [6.45, 7) is 2.99. The van der Waals surface area contributed by atoms with Gasteiger partial charge in [-0.05, 0) is 6.42 Å². The average molecular weight is 201 g/mol. The normalized spacial score (nSPS) is 10.1. The third-order valence-electron chi connectivity index (χ3n) is 1.73. The highest BCUT2D eigenvalue weighted by molar-refractivity contribution is 6.32. The Balaban J connectivity index is 2.93. The molecule has 1 aromatic heterocycles. The van der Waals surface area contributed by atoms with Gasteiger partial charge in [0.15, 0.2) is 11.0 Å². The molecule has 1 heterocycles. The molecule has 0 unspecified atom stereocenters. The van der Waals surface area contributed by atoms with Gasteiger partial charge in [0.2, 0.25) is 0 Å². The van der Waals surface area contributed by atoms with Gasteiger partial charge in [-0.25, -0.2) is 9.97 Å². The minimum atomic E-state index is 0.313. The van der Waals surface area contributed by atoms with Crippen molar-refractivity contribution in [3.05, 3.63) is 11.5 Å². The molecular formula is C8H13ClN4. The molecule has 1 rings (SSSR count). The first-order chi connectivity index (χ1) is 6.16. The van der Waals surface area contributed by atoms with Crippen LogP contribution in [-0.2, 0) is 0 Å². The van der Waals surface area contributed by atoms with Crippen LogP contribution >= 0.6 is 11.6 Å². The highest BCUT2D eigenvalue weighted by Gasteiger charge is 2.09. The highest BCUT2D eigenvalue weighted by Crippen LogP contribution is 2.24. The topological polar surface area (TPSA) is 55.0 Å². The molecule has 5 heteroatoms. The van der Waals surface area contributed by atoms with E-state index < -0.39 is 0 Å². The maximum atomic E-state index is 5.76. The van der Waals surface area contributed by atoms with E-state index >= 15 is 0 Å². The lowest BCUT2D eigenvalue weighted by Gasteiger charge is -2.18. The Morgan fingerprint density at radius 3 is 2.85 bits per heavy atom. The zero-order valence-corrected chi connectivity index (χ0v) is 8.54. The Labute approximate surface area is 82.7 Å². The van der Waals surface area contributed by atoms with Gasteiger partial charge in [-0.1, -0.05) is 18.5 Å². The van der Waals surface area contributed by atoms with Crippen molar-refractivity contribution in [2.75, 3.05) is 24.2 Å². The van der Waals surface area contributed by atoms with Crippen molar-refractivity contribution < 1.29 is 0 Å². The van der Waals surface area contributed by atoms with Gasteiger partial charge in [-0.15, -0.1) is 0 Å². The van der Waals surface area contributed by atoms with Crippen LogP contribution in [0.2, 0.25) is 5.15 Å². The Hall–Kier alpha value is -1.03. The second kappa shape index (κ2) is 4.28. The number of hydrogen-bond donors (Lipinski definition) is 1. The maximum Gasteiger partial charge on any atom is 0.157 e. The van der Waals surface area contributed by atoms with Crippen LogP contribution < -0.4 is 10.6 Å². The Bertz CT molecular complexity index is 289. The molecule has 72 valence electrons. The molecule has 0 atom stereocenters. The van der Waals surface area contributed by atoms with Crippen LogP contribution in [0.4, 0.5) is 11.5 Å². The monoisotopic (exact) mass is 200 g/mol. The zero-order valence-electron chi connectivity index (χ0n) is 7.79. The number of aromatic nitrogens is 2. The summed E-state index contributed by atoms with van der Waals surface area (Å²) < 4.78 is 0. The van der Waals surface area contributed by atoms with E-state index in [9.17, 15) is 0 Å². The van der Waals surface area contributed by atoms with Crippen molar-refractivity contribution >= 4 is 23.1 Å². The Kier molecular flexibility index (Phi) is 3.31. The fraction of sp³-hybridized carbons (Fsp3) is 0.500. The second-order valence-corrected chi connectivity index (χ2v) is 3.18. The lowest BCUT2D eigenvalue weighted by molar-refractivity contribution is 0.836. The smallest absolute Gasteiger partial charge is 0.157 e. The molecule has 0 saturated carbocycles. The highest BCUT2D eigenvalue weighted by atomic mass is 35.5. The van der Waals surface area contributed by atoms with Gasteiger partial charge in [-0.2, -0.15) is 0 Å². The molecule has 0 radical (unpaired) electrons. The minimum Gasteiger partial charge on any atom is -0.393 e. The van der Waals surface area contributed by atoms with Crippen LogP contribution in [0.5, 0.6) is 0 Å². The summed E-state index contributed by atoms with van der Waals surface area (Å²) in [5.74, 6) is 0.696. The fourth-order valence-electron chi connectivity index (χ4n) is 1.11. The lowest BCUT2D eigenvalue weighted by atomic mass is 10.4. The van der Waals surface area contributed by atoms with Crippen molar-refractivity contribution in [3.8, 4) is 0 Å². The molecule has 1 aromatic rings. The molecule has 0 saturated heterocycles. The second-order valence-electron chi connectivity index (χ2n) is 2.82. The van der Waals surface area contributed by atoms with Crippen LogP contribution in [-0.4, -0.2) is 23.6 Å². The van der Waals surface area contributed by atoms with Gasteiger partial charge >= 0.3 is 0 Å². The summed E-state index contributed by atoms with van der Waals surface area (Å²) in [5, 5.41) is 0.313. The van der Waals surface area contributed by atoms with E-state index in [1.807, 2.05) is 11.9 Å². The van der Waals surface area contributed by atoms with Crippen LogP contribution in [0.3, 0.4) is 0 Å². The third kappa shape index (κ3) is 2.21. The van der Waals surface area contributed by atoms with Crippen LogP contribution in [0.15, 0.2) is 6.33 Å². The lowest BCUT2D eigenvalue weighted by Crippen LogP contribution is -2.20. The van der Waals surface area contributed by atoms with Crippen LogP contribution in [0, 0.1) is 0 Å². The number of halogens is 1. The number of nitrogens with zero attached hydrogens (tertiary/aromatic N) is 3. The number of rotatable bonds is 3. The molecule has 0 aliphatic carbocycles. The van der Waals surface area contributed by atoms with E-state index in [0.29, 0.717) is 16.7 Å². The molecule has 0 fully saturated rings. The molecular weight excluding hydrogens is 188 g/mol. The van der Waals surface area contributed by atoms with Crippen molar-refractivity contribution in [2.45, 2.75) is 13.3 Å². The molecule has 4 nitrogen and oxygen atoms in total. The largest absolute Gasteiger partial charge is 0.393 e. The average Bonchev–Trinajstić information content (AvgIpc) is 2.10. The predicted molar refractivity (Wildman–Crippen MR) is 55.0 cm³/mol. The number of hydrogen-bond acceptors (Lipinski definition) is 4. The molecule has 0 spiro atoms. The Morgan fingerprint density at radius 2 is 2.23 bits per heavy atom. The summed E-state index contributed by atoms with van der Waals surface area (Å²) in [6, 6.07) is 0. The van der Waals surface area contributed by atoms with Gasteiger partial charge in [0.05, 0.1) is 0 Å². The maximum absolute atomic E-state index is 5.76. The van der Waals surface area contributed by atoms with Gasteiger partial charge < -0.3 is 10.6 Å². The standard InChI is InChI=1S/C8H13ClN4/c1-3-4-13(2)8-6(10)7(9)11-5-12-8/h5H,3-4,10H2,1-2H3. The quantitative estimate of drug-likeness (QED) is 0.753. The zero-order chi connectivity index (χ0) is 9.84. The summed E-state index contributed by atoms with van der Waals surface area (Å²) >= 11 is 5.76. The van der Waals surface area contributed by atoms with Crippen molar-refractivity contribution in [2.24, 2.45) is 0 Å². The third-order valence-corrected chi connectivity index (χ3v) is 2.04. The first kappa shape index (κ1) is 10.1. The predicted octanol–water partition coefficient (Wildman–Crippen LogP) is 1.56. The van der Waals surface area contributed by atoms with Crippen LogP contribution in [0.25, 0.3) is 0 Å². The van der Waals surface area contributed by atoms with E-state index in [0.717, 1.165) is 13.0 Å².